The number of fused-ring (bicyclic) bond motifs is 1. The Morgan fingerprint density at radius 2 is 2.00 bits per heavy atom. The number of hydrogen-bond donors (Lipinski definition) is 1. The fourth-order valence-electron chi connectivity index (χ4n) is 2.09. The number of nitrogens with two attached hydrogens (primary N) is 1. The Bertz CT molecular complexity index is 688. The molecule has 0 fully saturated rings. The van der Waals surface area contributed by atoms with Gasteiger partial charge in [0.05, 0.1) is 17.8 Å². The number of pyridine rings is 1. The molecule has 1 atom stereocenters. The van der Waals surface area contributed by atoms with Gasteiger partial charge in [-0.25, -0.2) is 0 Å². The monoisotopic (exact) mass is 302 g/mol. The second-order valence-electron chi connectivity index (χ2n) is 4.04. The molecule has 2 N–H and O–H groups in total. The van der Waals surface area contributed by atoms with Gasteiger partial charge in [-0.15, -0.1) is 0 Å². The maximum absolute atomic E-state index is 6.31. The highest BCUT2D eigenvalue weighted by molar-refractivity contribution is 9.10. The molecular weight excluding hydrogens is 292 g/mol. The van der Waals surface area contributed by atoms with Crippen molar-refractivity contribution in [3.63, 3.8) is 0 Å². The van der Waals surface area contributed by atoms with E-state index in [2.05, 4.69) is 20.9 Å². The summed E-state index contributed by atoms with van der Waals surface area (Å²) in [6, 6.07) is 11.6. The van der Waals surface area contributed by atoms with Crippen LogP contribution in [0.1, 0.15) is 17.2 Å². The van der Waals surface area contributed by atoms with Crippen molar-refractivity contribution in [3.05, 3.63) is 64.7 Å². The zero-order chi connectivity index (χ0) is 12.5. The third-order valence-electron chi connectivity index (χ3n) is 3.00. The summed E-state index contributed by atoms with van der Waals surface area (Å²) in [5, 5.41) is 1.07. The van der Waals surface area contributed by atoms with E-state index in [1.807, 2.05) is 36.4 Å². The first-order chi connectivity index (χ1) is 8.77. The molecule has 18 heavy (non-hydrogen) atoms. The summed E-state index contributed by atoms with van der Waals surface area (Å²) in [5.41, 5.74) is 9.24. The zero-order valence-electron chi connectivity index (χ0n) is 9.51. The molecular formula is C14H11BrN2O. The van der Waals surface area contributed by atoms with Crippen molar-refractivity contribution >= 4 is 26.8 Å². The number of nitrogens with zero attached hydrogens (tertiary/aromatic N) is 1. The van der Waals surface area contributed by atoms with Crippen LogP contribution in [0.4, 0.5) is 0 Å². The van der Waals surface area contributed by atoms with Crippen LogP contribution < -0.4 is 5.73 Å². The van der Waals surface area contributed by atoms with Crippen molar-refractivity contribution < 1.29 is 4.42 Å². The molecule has 4 heteroatoms. The summed E-state index contributed by atoms with van der Waals surface area (Å²) in [6.45, 7) is 0. The summed E-state index contributed by atoms with van der Waals surface area (Å²) in [5.74, 6) is 0. The molecule has 0 aliphatic rings. The topological polar surface area (TPSA) is 52.0 Å². The van der Waals surface area contributed by atoms with Gasteiger partial charge >= 0.3 is 0 Å². The minimum atomic E-state index is -0.231. The Labute approximate surface area is 113 Å². The van der Waals surface area contributed by atoms with Gasteiger partial charge < -0.3 is 10.2 Å². The molecule has 0 radical (unpaired) electrons. The van der Waals surface area contributed by atoms with E-state index in [1.165, 1.54) is 0 Å². The minimum absolute atomic E-state index is 0.231. The molecule has 3 aromatic rings. The largest absolute Gasteiger partial charge is 0.457 e. The van der Waals surface area contributed by atoms with Crippen molar-refractivity contribution in [1.82, 2.24) is 4.98 Å². The molecule has 0 saturated heterocycles. The lowest BCUT2D eigenvalue weighted by Crippen LogP contribution is -2.12. The highest BCUT2D eigenvalue weighted by Gasteiger charge is 2.16. The van der Waals surface area contributed by atoms with Crippen LogP contribution in [0.15, 0.2) is 57.9 Å². The Hall–Kier alpha value is -1.65. The Kier molecular flexibility index (Phi) is 2.89. The number of hydrogen-bond acceptors (Lipinski definition) is 3. The standard InChI is InChI=1S/C14H11BrN2O/c15-14-11(6-8-18-14)13(16)10-3-1-5-12-9(10)4-2-7-17-12/h1-8,13H,16H2. The second-order valence-corrected chi connectivity index (χ2v) is 4.76. The number of halogens is 1. The number of rotatable bonds is 2. The third kappa shape index (κ3) is 1.83. The van der Waals surface area contributed by atoms with Crippen LogP contribution in [0.2, 0.25) is 0 Å². The van der Waals surface area contributed by atoms with E-state index < -0.39 is 0 Å². The lowest BCUT2D eigenvalue weighted by atomic mass is 9.98. The molecule has 1 unspecified atom stereocenters. The third-order valence-corrected chi connectivity index (χ3v) is 3.64. The minimum Gasteiger partial charge on any atom is -0.457 e. The molecule has 0 spiro atoms. The predicted octanol–water partition coefficient (Wildman–Crippen LogP) is 3.64. The molecule has 90 valence electrons. The van der Waals surface area contributed by atoms with E-state index >= 15 is 0 Å². The van der Waals surface area contributed by atoms with Crippen molar-refractivity contribution in [1.29, 1.82) is 0 Å². The highest BCUT2D eigenvalue weighted by atomic mass is 79.9. The molecule has 2 aromatic heterocycles. The Morgan fingerprint density at radius 1 is 1.11 bits per heavy atom. The van der Waals surface area contributed by atoms with Gasteiger partial charge in [0, 0.05) is 17.1 Å². The molecule has 3 nitrogen and oxygen atoms in total. The van der Waals surface area contributed by atoms with Crippen molar-refractivity contribution in [3.8, 4) is 0 Å². The normalized spacial score (nSPS) is 12.8. The maximum atomic E-state index is 6.31. The van der Waals surface area contributed by atoms with E-state index in [4.69, 9.17) is 10.2 Å². The molecule has 0 amide bonds. The molecule has 1 aromatic carbocycles. The van der Waals surface area contributed by atoms with Gasteiger partial charge in [0.1, 0.15) is 0 Å². The summed E-state index contributed by atoms with van der Waals surface area (Å²) in [6.07, 6.45) is 3.41. The van der Waals surface area contributed by atoms with Gasteiger partial charge in [0.2, 0.25) is 0 Å². The van der Waals surface area contributed by atoms with Crippen molar-refractivity contribution in [2.24, 2.45) is 5.73 Å². The molecule has 0 aliphatic carbocycles. The predicted molar refractivity (Wildman–Crippen MR) is 74.2 cm³/mol. The summed E-state index contributed by atoms with van der Waals surface area (Å²) in [7, 11) is 0. The van der Waals surface area contributed by atoms with Gasteiger partial charge in [0.15, 0.2) is 4.67 Å². The smallest absolute Gasteiger partial charge is 0.174 e. The first-order valence-electron chi connectivity index (χ1n) is 5.59. The average Bonchev–Trinajstić information content (AvgIpc) is 2.83. The van der Waals surface area contributed by atoms with E-state index in [1.54, 1.807) is 12.5 Å². The van der Waals surface area contributed by atoms with E-state index in [0.717, 1.165) is 22.0 Å². The van der Waals surface area contributed by atoms with Gasteiger partial charge in [-0.3, -0.25) is 4.98 Å². The summed E-state index contributed by atoms with van der Waals surface area (Å²) >= 11 is 3.37. The van der Waals surface area contributed by atoms with Crippen LogP contribution in [-0.4, -0.2) is 4.98 Å². The van der Waals surface area contributed by atoms with Crippen LogP contribution >= 0.6 is 15.9 Å². The second kappa shape index (κ2) is 4.55. The van der Waals surface area contributed by atoms with Gasteiger partial charge in [-0.1, -0.05) is 18.2 Å². The summed E-state index contributed by atoms with van der Waals surface area (Å²) < 4.78 is 5.92. The lowest BCUT2D eigenvalue weighted by molar-refractivity contribution is 0.535. The highest BCUT2D eigenvalue weighted by Crippen LogP contribution is 2.31. The van der Waals surface area contributed by atoms with E-state index in [-0.39, 0.29) is 6.04 Å². The van der Waals surface area contributed by atoms with Crippen LogP contribution in [-0.2, 0) is 0 Å². The van der Waals surface area contributed by atoms with Crippen LogP contribution in [0, 0.1) is 0 Å². The fraction of sp³-hybridized carbons (Fsp3) is 0.0714. The van der Waals surface area contributed by atoms with Crippen LogP contribution in [0.5, 0.6) is 0 Å². The number of furan rings is 1. The number of benzene rings is 1. The van der Waals surface area contributed by atoms with Gasteiger partial charge in [0.25, 0.3) is 0 Å². The molecule has 2 heterocycles. The first kappa shape index (κ1) is 11.4. The maximum Gasteiger partial charge on any atom is 0.174 e. The lowest BCUT2D eigenvalue weighted by Gasteiger charge is -2.13. The SMILES string of the molecule is NC(c1ccoc1Br)c1cccc2ncccc12. The fourth-order valence-corrected chi connectivity index (χ4v) is 2.58. The van der Waals surface area contributed by atoms with E-state index in [9.17, 15) is 0 Å². The Morgan fingerprint density at radius 3 is 2.78 bits per heavy atom. The van der Waals surface area contributed by atoms with E-state index in [0.29, 0.717) is 4.67 Å². The Balaban J connectivity index is 2.18. The first-order valence-corrected chi connectivity index (χ1v) is 6.39. The molecule has 3 rings (SSSR count). The molecule has 0 bridgehead atoms. The summed E-state index contributed by atoms with van der Waals surface area (Å²) in [4.78, 5) is 4.34. The molecule has 0 saturated carbocycles. The van der Waals surface area contributed by atoms with Gasteiger partial charge in [-0.05, 0) is 39.7 Å². The van der Waals surface area contributed by atoms with Crippen LogP contribution in [0.25, 0.3) is 10.9 Å². The van der Waals surface area contributed by atoms with Crippen molar-refractivity contribution in [2.75, 3.05) is 0 Å². The van der Waals surface area contributed by atoms with Gasteiger partial charge in [-0.2, -0.15) is 0 Å². The van der Waals surface area contributed by atoms with Crippen molar-refractivity contribution in [2.45, 2.75) is 6.04 Å². The van der Waals surface area contributed by atoms with Crippen LogP contribution in [0.3, 0.4) is 0 Å². The quantitative estimate of drug-likeness (QED) is 0.786. The average molecular weight is 303 g/mol. The number of aromatic nitrogens is 1. The molecule has 0 aliphatic heterocycles. The zero-order valence-corrected chi connectivity index (χ0v) is 11.1.